The van der Waals surface area contributed by atoms with Gasteiger partial charge in [-0.3, -0.25) is 5.32 Å². The molecule has 3 heterocycles. The lowest BCUT2D eigenvalue weighted by Gasteiger charge is -2.15. The molecule has 0 aliphatic carbocycles. The molecule has 3 rings (SSSR count). The highest BCUT2D eigenvalue weighted by molar-refractivity contribution is 7.16. The van der Waals surface area contributed by atoms with Crippen molar-refractivity contribution in [1.82, 2.24) is 5.32 Å². The summed E-state index contributed by atoms with van der Waals surface area (Å²) in [5, 5.41) is 7.85. The van der Waals surface area contributed by atoms with Crippen LogP contribution in [0.2, 0.25) is 4.34 Å². The largest absolute Gasteiger partial charge is 0.300 e. The molecule has 0 radical (unpaired) electrons. The van der Waals surface area contributed by atoms with Crippen molar-refractivity contribution in [3.05, 3.63) is 66.1 Å². The molecule has 0 saturated heterocycles. The van der Waals surface area contributed by atoms with Crippen LogP contribution in [0.3, 0.4) is 0 Å². The average molecular weight is 326 g/mol. The van der Waals surface area contributed by atoms with Crippen LogP contribution in [-0.2, 0) is 6.54 Å². The molecule has 0 bridgehead atoms. The Hall–Kier alpha value is -0.650. The maximum absolute atomic E-state index is 6.06. The van der Waals surface area contributed by atoms with Crippen LogP contribution in [0, 0.1) is 0 Å². The third-order valence-corrected chi connectivity index (χ3v) is 5.88. The van der Waals surface area contributed by atoms with Gasteiger partial charge in [-0.1, -0.05) is 23.7 Å². The molecule has 98 valence electrons. The first-order valence-electron chi connectivity index (χ1n) is 5.87. The molecule has 0 aromatic carbocycles. The molecular weight excluding hydrogens is 314 g/mol. The molecule has 0 aliphatic heterocycles. The first kappa shape index (κ1) is 13.3. The van der Waals surface area contributed by atoms with E-state index in [1.807, 2.05) is 6.07 Å². The topological polar surface area (TPSA) is 12.0 Å². The van der Waals surface area contributed by atoms with E-state index >= 15 is 0 Å². The Balaban J connectivity index is 1.80. The highest BCUT2D eigenvalue weighted by atomic mass is 35.5. The summed E-state index contributed by atoms with van der Waals surface area (Å²) in [4.78, 5) is 3.95. The second-order valence-electron chi connectivity index (χ2n) is 4.05. The molecule has 1 N–H and O–H groups in total. The van der Waals surface area contributed by atoms with E-state index in [-0.39, 0.29) is 6.04 Å². The van der Waals surface area contributed by atoms with Crippen molar-refractivity contribution < 1.29 is 0 Å². The van der Waals surface area contributed by atoms with Gasteiger partial charge >= 0.3 is 0 Å². The van der Waals surface area contributed by atoms with Gasteiger partial charge in [-0.2, -0.15) is 0 Å². The maximum Gasteiger partial charge on any atom is 0.0931 e. The Kier molecular flexibility index (Phi) is 4.35. The van der Waals surface area contributed by atoms with Gasteiger partial charge in [0.05, 0.1) is 10.4 Å². The summed E-state index contributed by atoms with van der Waals surface area (Å²) in [6.45, 7) is 0.885. The number of hydrogen-bond acceptors (Lipinski definition) is 4. The van der Waals surface area contributed by atoms with Crippen molar-refractivity contribution >= 4 is 45.6 Å². The van der Waals surface area contributed by atoms with E-state index in [1.54, 1.807) is 34.0 Å². The predicted molar refractivity (Wildman–Crippen MR) is 86.6 cm³/mol. The van der Waals surface area contributed by atoms with Crippen LogP contribution < -0.4 is 5.32 Å². The van der Waals surface area contributed by atoms with Crippen LogP contribution in [0.1, 0.15) is 20.7 Å². The first-order valence-corrected chi connectivity index (χ1v) is 8.83. The van der Waals surface area contributed by atoms with Crippen molar-refractivity contribution in [2.24, 2.45) is 0 Å². The van der Waals surface area contributed by atoms with Crippen molar-refractivity contribution in [3.8, 4) is 0 Å². The summed E-state index contributed by atoms with van der Waals surface area (Å²) in [6, 6.07) is 12.8. The van der Waals surface area contributed by atoms with Gasteiger partial charge in [0.25, 0.3) is 0 Å². The molecule has 3 aromatic rings. The number of hydrogen-bond donors (Lipinski definition) is 1. The third kappa shape index (κ3) is 3.27. The van der Waals surface area contributed by atoms with Gasteiger partial charge in [0, 0.05) is 21.2 Å². The van der Waals surface area contributed by atoms with Gasteiger partial charge in [0.1, 0.15) is 0 Å². The van der Waals surface area contributed by atoms with Crippen LogP contribution in [0.5, 0.6) is 0 Å². The van der Waals surface area contributed by atoms with Gasteiger partial charge in [-0.05, 0) is 35.0 Å². The van der Waals surface area contributed by atoms with Crippen molar-refractivity contribution in [1.29, 1.82) is 0 Å². The van der Waals surface area contributed by atoms with Gasteiger partial charge in [0.15, 0.2) is 0 Å². The molecule has 1 unspecified atom stereocenters. The van der Waals surface area contributed by atoms with Gasteiger partial charge < -0.3 is 0 Å². The van der Waals surface area contributed by atoms with Crippen molar-refractivity contribution in [3.63, 3.8) is 0 Å². The molecule has 0 saturated carbocycles. The van der Waals surface area contributed by atoms with Crippen LogP contribution in [0.25, 0.3) is 0 Å². The molecule has 19 heavy (non-hydrogen) atoms. The molecule has 5 heteroatoms. The summed E-state index contributed by atoms with van der Waals surface area (Å²) in [5.41, 5.74) is 0. The molecule has 0 amide bonds. The third-order valence-electron chi connectivity index (χ3n) is 2.77. The number of thiophene rings is 3. The summed E-state index contributed by atoms with van der Waals surface area (Å²) in [6.07, 6.45) is 0. The minimum Gasteiger partial charge on any atom is -0.300 e. The zero-order valence-corrected chi connectivity index (χ0v) is 13.2. The smallest absolute Gasteiger partial charge is 0.0931 e. The normalized spacial score (nSPS) is 12.7. The maximum atomic E-state index is 6.06. The Bertz CT molecular complexity index is 613. The van der Waals surface area contributed by atoms with E-state index in [0.29, 0.717) is 0 Å². The highest BCUT2D eigenvalue weighted by Gasteiger charge is 2.16. The van der Waals surface area contributed by atoms with E-state index < -0.39 is 0 Å². The van der Waals surface area contributed by atoms with Crippen LogP contribution in [0.4, 0.5) is 0 Å². The fraction of sp³-hybridized carbons (Fsp3) is 0.143. The highest BCUT2D eigenvalue weighted by Crippen LogP contribution is 2.33. The Morgan fingerprint density at radius 2 is 1.84 bits per heavy atom. The molecule has 0 fully saturated rings. The second-order valence-corrected chi connectivity index (χ2v) is 7.81. The Labute approximate surface area is 129 Å². The van der Waals surface area contributed by atoms with Crippen LogP contribution in [0.15, 0.2) is 47.2 Å². The monoisotopic (exact) mass is 325 g/mol. The summed E-state index contributed by atoms with van der Waals surface area (Å²) in [5.74, 6) is 0. The number of halogens is 1. The quantitative estimate of drug-likeness (QED) is 0.662. The fourth-order valence-corrected chi connectivity index (χ4v) is 4.60. The standard InChI is InChI=1S/C14H12ClNS3/c15-13-6-5-12(19-13)14(11-4-2-8-18-11)16-9-10-3-1-7-17-10/h1-8,14,16H,9H2. The van der Waals surface area contributed by atoms with E-state index in [0.717, 1.165) is 10.9 Å². The molecule has 3 aromatic heterocycles. The second kappa shape index (κ2) is 6.20. The average Bonchev–Trinajstić information content (AvgIpc) is 3.11. The van der Waals surface area contributed by atoms with Crippen LogP contribution >= 0.6 is 45.6 Å². The van der Waals surface area contributed by atoms with Gasteiger partial charge in [-0.15, -0.1) is 34.0 Å². The van der Waals surface area contributed by atoms with E-state index in [2.05, 4.69) is 46.4 Å². The van der Waals surface area contributed by atoms with E-state index in [1.165, 1.54) is 14.6 Å². The molecule has 0 spiro atoms. The van der Waals surface area contributed by atoms with Crippen molar-refractivity contribution in [2.75, 3.05) is 0 Å². The zero-order chi connectivity index (χ0) is 13.1. The van der Waals surface area contributed by atoms with Crippen molar-refractivity contribution in [2.45, 2.75) is 12.6 Å². The summed E-state index contributed by atoms with van der Waals surface area (Å²) >= 11 is 11.3. The lowest BCUT2D eigenvalue weighted by Crippen LogP contribution is -2.19. The minimum absolute atomic E-state index is 0.236. The molecular formula is C14H12ClNS3. The lowest BCUT2D eigenvalue weighted by atomic mass is 10.2. The van der Waals surface area contributed by atoms with Gasteiger partial charge in [0.2, 0.25) is 0 Å². The fourth-order valence-electron chi connectivity index (χ4n) is 1.90. The number of rotatable bonds is 5. The SMILES string of the molecule is Clc1ccc(C(NCc2cccs2)c2cccs2)s1. The Morgan fingerprint density at radius 3 is 2.47 bits per heavy atom. The van der Waals surface area contributed by atoms with Crippen LogP contribution in [-0.4, -0.2) is 0 Å². The molecule has 0 aliphatic rings. The summed E-state index contributed by atoms with van der Waals surface area (Å²) < 4.78 is 0.842. The molecule has 1 nitrogen and oxygen atoms in total. The minimum atomic E-state index is 0.236. The van der Waals surface area contributed by atoms with Gasteiger partial charge in [-0.25, -0.2) is 0 Å². The number of nitrogens with one attached hydrogen (secondary N) is 1. The lowest BCUT2D eigenvalue weighted by molar-refractivity contribution is 0.627. The first-order chi connectivity index (χ1) is 9.33. The Morgan fingerprint density at radius 1 is 1.00 bits per heavy atom. The molecule has 1 atom stereocenters. The summed E-state index contributed by atoms with van der Waals surface area (Å²) in [7, 11) is 0. The van der Waals surface area contributed by atoms with E-state index in [9.17, 15) is 0 Å². The zero-order valence-electron chi connectivity index (χ0n) is 10.0. The predicted octanol–water partition coefficient (Wildman–Crippen LogP) is 5.40. The van der Waals surface area contributed by atoms with E-state index in [4.69, 9.17) is 11.6 Å².